The minimum absolute atomic E-state index is 0.0442. The van der Waals surface area contributed by atoms with Gasteiger partial charge in [-0.2, -0.15) is 0 Å². The molecular formula is C109H124F18O13. The largest absolute Gasteiger partial charge is 0.505 e. The summed E-state index contributed by atoms with van der Waals surface area (Å²) in [7, 11) is 0. The molecule has 6 aliphatic carbocycles. The first-order chi connectivity index (χ1) is 64.5. The van der Waals surface area contributed by atoms with Crippen LogP contribution in [0.5, 0.6) is 5.75 Å². The number of phenols is 1. The van der Waals surface area contributed by atoms with E-state index in [4.69, 9.17) is 18.9 Å². The van der Waals surface area contributed by atoms with E-state index in [2.05, 4.69) is 0 Å². The lowest BCUT2D eigenvalue weighted by atomic mass is 9.68. The Labute approximate surface area is 805 Å². The van der Waals surface area contributed by atoms with Crippen molar-refractivity contribution in [3.05, 3.63) is 255 Å². The third kappa shape index (κ3) is 28.3. The van der Waals surface area contributed by atoms with E-state index in [1.165, 1.54) is 48.5 Å². The molecule has 6 aliphatic rings. The molecule has 6 fully saturated rings. The summed E-state index contributed by atoms with van der Waals surface area (Å²) in [5.41, 5.74) is -5.31. The summed E-state index contributed by atoms with van der Waals surface area (Å²) >= 11 is 0. The SMILES string of the molecule is CC(C)(C)OC(=O)C1(c2ccc(-c3ccccc3)c(F)c2)CCC(F)(F)CC1.CC(C)(C)OC(=O)C1(c2ccc(O)c(F)c2)CCC(F)(F)CC1.Cc1ccc(C2(C(=O)O)CCC(F)(F)CC2)cc1F.Cc1ccc(C2(C(=O)OC(C)(C)C)CCC(F)(F)CC2)cc1F.Cc1ccc(C2(C(=O)OC(C)(C)C)CCC(F)(F)CC2)cc1F.O=C(O)C1(c2ccc(-c3ccccc3)c(F)c2)CCC(F)(F)CC1. The number of halogens is 18. The first-order valence-corrected chi connectivity index (χ1v) is 46.7. The molecule has 0 radical (unpaired) electrons. The van der Waals surface area contributed by atoms with Crippen LogP contribution >= 0.6 is 0 Å². The zero-order valence-electron chi connectivity index (χ0n) is 81.4. The van der Waals surface area contributed by atoms with Crippen molar-refractivity contribution in [2.45, 2.75) is 348 Å². The van der Waals surface area contributed by atoms with Gasteiger partial charge in [-0.15, -0.1) is 0 Å². The van der Waals surface area contributed by atoms with Crippen molar-refractivity contribution in [2.24, 2.45) is 0 Å². The van der Waals surface area contributed by atoms with E-state index in [0.29, 0.717) is 55.6 Å². The molecule has 0 aliphatic heterocycles. The van der Waals surface area contributed by atoms with Gasteiger partial charge >= 0.3 is 35.8 Å². The lowest BCUT2D eigenvalue weighted by Gasteiger charge is -2.40. The predicted molar refractivity (Wildman–Crippen MR) is 494 cm³/mol. The van der Waals surface area contributed by atoms with Gasteiger partial charge in [-0.25, -0.2) is 79.0 Å². The molecule has 0 unspecified atom stereocenters. The number of aromatic hydroxyl groups is 1. The fraction of sp³-hybridized carbons (Fsp3) is 0.505. The molecular weight excluding hydrogens is 1860 g/mol. The van der Waals surface area contributed by atoms with Gasteiger partial charge in [0.25, 0.3) is 0 Å². The predicted octanol–water partition coefficient (Wildman–Crippen LogP) is 29.1. The molecule has 13 nitrogen and oxygen atoms in total. The van der Waals surface area contributed by atoms with Crippen LogP contribution in [0.1, 0.15) is 287 Å². The first-order valence-electron chi connectivity index (χ1n) is 46.7. The fourth-order valence-corrected chi connectivity index (χ4v) is 18.3. The number of alkyl halides is 12. The van der Waals surface area contributed by atoms with E-state index in [9.17, 15) is 123 Å². The zero-order valence-corrected chi connectivity index (χ0v) is 81.4. The molecule has 0 bridgehead atoms. The lowest BCUT2D eigenvalue weighted by Crippen LogP contribution is -2.46. The van der Waals surface area contributed by atoms with Crippen molar-refractivity contribution in [3.63, 3.8) is 0 Å². The van der Waals surface area contributed by atoms with Crippen LogP contribution in [-0.2, 0) is 80.2 Å². The quantitative estimate of drug-likeness (QED) is 0.0528. The van der Waals surface area contributed by atoms with Crippen molar-refractivity contribution >= 4 is 35.8 Å². The molecule has 140 heavy (non-hydrogen) atoms. The summed E-state index contributed by atoms with van der Waals surface area (Å²) in [5, 5.41) is 28.4. The molecule has 0 atom stereocenters. The molecule has 14 rings (SSSR count). The molecule has 0 aromatic heterocycles. The fourth-order valence-electron chi connectivity index (χ4n) is 18.3. The number of carbonyl (C=O) groups excluding carboxylic acids is 4. The number of phenolic OH excluding ortho intramolecular Hbond substituents is 1. The molecule has 3 N–H and O–H groups in total. The van der Waals surface area contributed by atoms with Crippen molar-refractivity contribution in [2.75, 3.05) is 0 Å². The number of carboxylic acid groups (broad SMARTS) is 2. The van der Waals surface area contributed by atoms with Gasteiger partial charge in [-0.1, -0.05) is 127 Å². The Kier molecular flexibility index (Phi) is 34.7. The summed E-state index contributed by atoms with van der Waals surface area (Å²) in [4.78, 5) is 74.5. The molecule has 0 spiro atoms. The number of benzene rings is 8. The first kappa shape index (κ1) is 113. The third-order valence-corrected chi connectivity index (χ3v) is 26.9. The van der Waals surface area contributed by atoms with E-state index in [1.54, 1.807) is 183 Å². The Balaban J connectivity index is 0.000000188. The number of carbonyl (C=O) groups is 6. The zero-order chi connectivity index (χ0) is 105. The minimum Gasteiger partial charge on any atom is -0.505 e. The van der Waals surface area contributed by atoms with Crippen LogP contribution in [0.4, 0.5) is 79.0 Å². The second-order valence-corrected chi connectivity index (χ2v) is 41.9. The summed E-state index contributed by atoms with van der Waals surface area (Å²) in [6.45, 7) is 25.4. The average molecular weight is 1980 g/mol. The van der Waals surface area contributed by atoms with Crippen LogP contribution in [0.2, 0.25) is 0 Å². The van der Waals surface area contributed by atoms with Gasteiger partial charge in [-0.3, -0.25) is 28.8 Å². The molecule has 6 saturated carbocycles. The molecule has 0 saturated heterocycles. The maximum absolute atomic E-state index is 14.9. The van der Waals surface area contributed by atoms with Crippen LogP contribution in [0.3, 0.4) is 0 Å². The number of ether oxygens (including phenoxy) is 4. The minimum atomic E-state index is -2.85. The molecule has 8 aromatic rings. The van der Waals surface area contributed by atoms with Crippen LogP contribution in [-0.4, -0.2) is 109 Å². The number of aliphatic carboxylic acids is 2. The third-order valence-electron chi connectivity index (χ3n) is 26.9. The maximum atomic E-state index is 14.9. The number of esters is 4. The smallest absolute Gasteiger partial charge is 0.317 e. The van der Waals surface area contributed by atoms with Crippen molar-refractivity contribution in [3.8, 4) is 28.0 Å². The van der Waals surface area contributed by atoms with Gasteiger partial charge in [-0.05, 0) is 285 Å². The number of rotatable bonds is 14. The molecule has 0 heterocycles. The van der Waals surface area contributed by atoms with Crippen LogP contribution in [0, 0.1) is 55.7 Å². The van der Waals surface area contributed by atoms with Crippen LogP contribution < -0.4 is 0 Å². The van der Waals surface area contributed by atoms with Gasteiger partial charge < -0.3 is 34.3 Å². The highest BCUT2D eigenvalue weighted by molar-refractivity contribution is 5.87. The monoisotopic (exact) mass is 1980 g/mol. The van der Waals surface area contributed by atoms with E-state index >= 15 is 0 Å². The molecule has 8 aromatic carbocycles. The van der Waals surface area contributed by atoms with E-state index in [-0.39, 0.29) is 93.7 Å². The lowest BCUT2D eigenvalue weighted by molar-refractivity contribution is -0.168. The van der Waals surface area contributed by atoms with E-state index < -0.39 is 244 Å². The van der Waals surface area contributed by atoms with Crippen molar-refractivity contribution < 1.29 is 142 Å². The Morgan fingerprint density at radius 3 is 0.607 bits per heavy atom. The van der Waals surface area contributed by atoms with Crippen molar-refractivity contribution in [1.29, 1.82) is 0 Å². The second-order valence-electron chi connectivity index (χ2n) is 41.9. The van der Waals surface area contributed by atoms with Crippen molar-refractivity contribution in [1.82, 2.24) is 0 Å². The normalized spacial score (nSPS) is 19.7. The highest BCUT2D eigenvalue weighted by atomic mass is 19.3. The number of hydrogen-bond donors (Lipinski definition) is 3. The van der Waals surface area contributed by atoms with E-state index in [0.717, 1.165) is 18.2 Å². The molecule has 764 valence electrons. The van der Waals surface area contributed by atoms with Crippen LogP contribution in [0.15, 0.2) is 170 Å². The molecule has 0 amide bonds. The number of carboxylic acids is 2. The van der Waals surface area contributed by atoms with Gasteiger partial charge in [0.15, 0.2) is 11.6 Å². The number of hydrogen-bond acceptors (Lipinski definition) is 11. The second kappa shape index (κ2) is 43.1. The standard InChI is InChI=1S/C23H25F3O2.C19H17F3O2.2C18H23F3O2.C17H21F3O3.C14H15F3O2/c1-21(2,3)28-20(27)22(11-13-23(25,26)14-12-22)17-9-10-18(19(24)15-17)16-7-5-4-6-8-16;20-16-12-14(6-7-15(16)13-4-2-1-3-5-13)18(17(23)24)8-10-19(21,22)11-9-18;2*1-12-5-6-13(11-14(12)19)17(15(22)23-16(2,3)4)7-9-18(20,21)10-8-17;1-15(2,3)23-14(22)16(6-8-17(19,20)9-7-16)11-4-5-13(21)12(18)10-11;1-9-2-3-10(8-11(9)15)13(12(18)19)4-6-14(16,17)7-5-13/h4-10,15H,11-14H2,1-3H3;1-7,12H,8-11H2,(H,23,24);2*5-6,11H,7-10H2,1-4H3;4-5,10,21H,6-9H2,1-3H3;2-3,8H,4-7H2,1H3,(H,18,19). The van der Waals surface area contributed by atoms with Gasteiger partial charge in [0.2, 0.25) is 35.5 Å². The summed E-state index contributed by atoms with van der Waals surface area (Å²) in [5.74, 6) is -25.4. The highest BCUT2D eigenvalue weighted by Crippen LogP contribution is 2.55. The van der Waals surface area contributed by atoms with Crippen LogP contribution in [0.25, 0.3) is 22.3 Å². The Morgan fingerprint density at radius 2 is 0.421 bits per heavy atom. The Bertz CT molecular complexity index is 5400. The van der Waals surface area contributed by atoms with Gasteiger partial charge in [0.1, 0.15) is 51.5 Å². The van der Waals surface area contributed by atoms with Gasteiger partial charge in [0.05, 0.1) is 32.5 Å². The highest BCUT2D eigenvalue weighted by Gasteiger charge is 2.57. The summed E-state index contributed by atoms with van der Waals surface area (Å²) < 4.78 is 269. The number of aryl methyl sites for hydroxylation is 3. The summed E-state index contributed by atoms with van der Waals surface area (Å²) in [6, 6.07) is 43.5. The van der Waals surface area contributed by atoms with Gasteiger partial charge in [0, 0.05) is 88.2 Å². The summed E-state index contributed by atoms with van der Waals surface area (Å²) in [6.07, 6.45) is -6.63. The van der Waals surface area contributed by atoms with E-state index in [1.807, 2.05) is 24.3 Å². The topological polar surface area (TPSA) is 200 Å². The average Bonchev–Trinajstić information content (AvgIpc) is 0.770. The maximum Gasteiger partial charge on any atom is 0.317 e. The molecule has 31 heteroatoms. The Hall–Kier alpha value is -10.9. The Morgan fingerprint density at radius 1 is 0.243 bits per heavy atom.